The summed E-state index contributed by atoms with van der Waals surface area (Å²) in [5.41, 5.74) is 0.966. The number of epoxide rings is 1. The third-order valence-electron chi connectivity index (χ3n) is 3.01. The normalized spacial score (nSPS) is 22.1. The lowest BCUT2D eigenvalue weighted by molar-refractivity contribution is 0.190. The highest BCUT2D eigenvalue weighted by Crippen LogP contribution is 2.38. The lowest BCUT2D eigenvalue weighted by atomic mass is 10.0. The van der Waals surface area contributed by atoms with Crippen LogP contribution in [0.5, 0.6) is 5.75 Å². The van der Waals surface area contributed by atoms with Crippen LogP contribution in [0.3, 0.4) is 0 Å². The van der Waals surface area contributed by atoms with E-state index in [0.29, 0.717) is 6.61 Å². The van der Waals surface area contributed by atoms with Gasteiger partial charge in [-0.25, -0.2) is 0 Å². The maximum Gasteiger partial charge on any atom is 0.150 e. The van der Waals surface area contributed by atoms with E-state index in [1.807, 2.05) is 48.5 Å². The van der Waals surface area contributed by atoms with Gasteiger partial charge in [-0.15, -0.1) is 0 Å². The molecule has 2 aromatic carbocycles. The van der Waals surface area contributed by atoms with E-state index in [0.717, 1.165) is 12.4 Å². The average Bonchev–Trinajstić information content (AvgIpc) is 3.20. The Balaban J connectivity index is 1.70. The van der Waals surface area contributed by atoms with Crippen LogP contribution in [-0.4, -0.2) is 13.2 Å². The zero-order chi connectivity index (χ0) is 11.6. The molecule has 0 N–H and O–H groups in total. The van der Waals surface area contributed by atoms with E-state index >= 15 is 0 Å². The second-order valence-electron chi connectivity index (χ2n) is 4.25. The monoisotopic (exact) mass is 226 g/mol. The number of benzene rings is 2. The smallest absolute Gasteiger partial charge is 0.150 e. The summed E-state index contributed by atoms with van der Waals surface area (Å²) >= 11 is 0. The predicted octanol–water partition coefficient (Wildman–Crippen LogP) is 2.99. The van der Waals surface area contributed by atoms with Crippen LogP contribution < -0.4 is 4.74 Å². The summed E-state index contributed by atoms with van der Waals surface area (Å²) in [6.45, 7) is 1.31. The van der Waals surface area contributed by atoms with Gasteiger partial charge in [0.2, 0.25) is 0 Å². The second kappa shape index (κ2) is 4.22. The minimum atomic E-state index is -0.225. The Morgan fingerprint density at radius 2 is 1.53 bits per heavy atom. The molecule has 0 spiro atoms. The summed E-state index contributed by atoms with van der Waals surface area (Å²) in [7, 11) is 0. The largest absolute Gasteiger partial charge is 0.490 e. The summed E-state index contributed by atoms with van der Waals surface area (Å²) in [5.74, 6) is 0.887. The van der Waals surface area contributed by atoms with Gasteiger partial charge in [-0.05, 0) is 17.7 Å². The molecule has 17 heavy (non-hydrogen) atoms. The van der Waals surface area contributed by atoms with Gasteiger partial charge in [0.25, 0.3) is 0 Å². The van der Waals surface area contributed by atoms with E-state index in [2.05, 4.69) is 12.1 Å². The number of hydrogen-bond acceptors (Lipinski definition) is 2. The molecule has 0 aliphatic carbocycles. The maximum atomic E-state index is 5.76. The van der Waals surface area contributed by atoms with Gasteiger partial charge in [0.05, 0.1) is 6.61 Å². The Morgan fingerprint density at radius 1 is 0.941 bits per heavy atom. The minimum Gasteiger partial charge on any atom is -0.490 e. The molecule has 2 heteroatoms. The molecule has 0 amide bonds. The SMILES string of the molecule is c1ccc(OCC2(c3ccccc3)CO2)cc1. The van der Waals surface area contributed by atoms with Crippen molar-refractivity contribution in [3.8, 4) is 5.75 Å². The van der Waals surface area contributed by atoms with Crippen LogP contribution in [0.2, 0.25) is 0 Å². The van der Waals surface area contributed by atoms with Crippen LogP contribution in [0.1, 0.15) is 5.56 Å². The van der Waals surface area contributed by atoms with E-state index in [-0.39, 0.29) is 5.60 Å². The number of hydrogen-bond donors (Lipinski definition) is 0. The molecule has 0 aromatic heterocycles. The van der Waals surface area contributed by atoms with Crippen molar-refractivity contribution in [1.29, 1.82) is 0 Å². The van der Waals surface area contributed by atoms with Crippen molar-refractivity contribution >= 4 is 0 Å². The standard InChI is InChI=1S/C15H14O2/c1-3-7-13(8-4-1)15(12-17-15)11-16-14-9-5-2-6-10-14/h1-10H,11-12H2. The first-order valence-corrected chi connectivity index (χ1v) is 5.76. The molecule has 1 heterocycles. The summed E-state index contributed by atoms with van der Waals surface area (Å²) in [6, 6.07) is 20.1. The topological polar surface area (TPSA) is 21.8 Å². The fourth-order valence-electron chi connectivity index (χ4n) is 1.88. The number of rotatable bonds is 4. The van der Waals surface area contributed by atoms with Gasteiger partial charge in [0.1, 0.15) is 12.4 Å². The highest BCUT2D eigenvalue weighted by Gasteiger charge is 2.47. The van der Waals surface area contributed by atoms with Crippen molar-refractivity contribution < 1.29 is 9.47 Å². The Kier molecular flexibility index (Phi) is 2.57. The van der Waals surface area contributed by atoms with Crippen LogP contribution in [0, 0.1) is 0 Å². The van der Waals surface area contributed by atoms with Gasteiger partial charge < -0.3 is 9.47 Å². The van der Waals surface area contributed by atoms with E-state index in [1.165, 1.54) is 5.56 Å². The first kappa shape index (κ1) is 10.4. The molecule has 0 saturated carbocycles. The highest BCUT2D eigenvalue weighted by atomic mass is 16.6. The van der Waals surface area contributed by atoms with Gasteiger partial charge in [0.15, 0.2) is 5.60 Å². The van der Waals surface area contributed by atoms with Crippen molar-refractivity contribution in [2.24, 2.45) is 0 Å². The Morgan fingerprint density at radius 3 is 2.12 bits per heavy atom. The van der Waals surface area contributed by atoms with Crippen LogP contribution in [-0.2, 0) is 10.3 Å². The molecule has 0 bridgehead atoms. The molecule has 3 rings (SSSR count). The molecule has 1 atom stereocenters. The first-order valence-electron chi connectivity index (χ1n) is 5.76. The van der Waals surface area contributed by atoms with Gasteiger partial charge in [-0.1, -0.05) is 48.5 Å². The van der Waals surface area contributed by atoms with E-state index in [9.17, 15) is 0 Å². The van der Waals surface area contributed by atoms with Gasteiger partial charge in [-0.3, -0.25) is 0 Å². The number of para-hydroxylation sites is 1. The molecule has 1 aliphatic rings. The van der Waals surface area contributed by atoms with Crippen LogP contribution in [0.25, 0.3) is 0 Å². The van der Waals surface area contributed by atoms with E-state index in [1.54, 1.807) is 0 Å². The average molecular weight is 226 g/mol. The minimum absolute atomic E-state index is 0.225. The summed E-state index contributed by atoms with van der Waals surface area (Å²) < 4.78 is 11.3. The molecule has 2 nitrogen and oxygen atoms in total. The molecule has 0 radical (unpaired) electrons. The lowest BCUT2D eigenvalue weighted by Gasteiger charge is -2.13. The summed E-state index contributed by atoms with van der Waals surface area (Å²) in [6.07, 6.45) is 0. The zero-order valence-electron chi connectivity index (χ0n) is 9.50. The molecule has 1 saturated heterocycles. The van der Waals surface area contributed by atoms with Crippen molar-refractivity contribution in [2.75, 3.05) is 13.2 Å². The molecule has 1 fully saturated rings. The maximum absolute atomic E-state index is 5.76. The van der Waals surface area contributed by atoms with E-state index < -0.39 is 0 Å². The Labute approximate surface area is 101 Å². The van der Waals surface area contributed by atoms with E-state index in [4.69, 9.17) is 9.47 Å². The number of ether oxygens (including phenoxy) is 2. The third kappa shape index (κ3) is 2.17. The molecule has 2 aromatic rings. The van der Waals surface area contributed by atoms with Crippen molar-refractivity contribution in [3.63, 3.8) is 0 Å². The van der Waals surface area contributed by atoms with Gasteiger partial charge in [0, 0.05) is 0 Å². The lowest BCUT2D eigenvalue weighted by Crippen LogP contribution is -2.19. The molecule has 86 valence electrons. The van der Waals surface area contributed by atoms with Crippen LogP contribution in [0.4, 0.5) is 0 Å². The zero-order valence-corrected chi connectivity index (χ0v) is 9.50. The molecular formula is C15H14O2. The van der Waals surface area contributed by atoms with Crippen LogP contribution >= 0.6 is 0 Å². The fraction of sp³-hybridized carbons (Fsp3) is 0.200. The van der Waals surface area contributed by atoms with Crippen LogP contribution in [0.15, 0.2) is 60.7 Å². The van der Waals surface area contributed by atoms with Gasteiger partial charge >= 0.3 is 0 Å². The summed E-state index contributed by atoms with van der Waals surface area (Å²) in [4.78, 5) is 0. The summed E-state index contributed by atoms with van der Waals surface area (Å²) in [5, 5.41) is 0. The second-order valence-corrected chi connectivity index (χ2v) is 4.25. The highest BCUT2D eigenvalue weighted by molar-refractivity contribution is 5.28. The first-order chi connectivity index (χ1) is 8.39. The molecule has 1 unspecified atom stereocenters. The predicted molar refractivity (Wildman–Crippen MR) is 66.0 cm³/mol. The van der Waals surface area contributed by atoms with Crippen molar-refractivity contribution in [3.05, 3.63) is 66.2 Å². The Hall–Kier alpha value is -1.80. The fourth-order valence-corrected chi connectivity index (χ4v) is 1.88. The van der Waals surface area contributed by atoms with Gasteiger partial charge in [-0.2, -0.15) is 0 Å². The van der Waals surface area contributed by atoms with Crippen molar-refractivity contribution in [2.45, 2.75) is 5.60 Å². The third-order valence-corrected chi connectivity index (χ3v) is 3.01. The molecular weight excluding hydrogens is 212 g/mol. The molecule has 1 aliphatic heterocycles. The van der Waals surface area contributed by atoms with Crippen molar-refractivity contribution in [1.82, 2.24) is 0 Å². The quantitative estimate of drug-likeness (QED) is 0.747. The Bertz CT molecular complexity index is 475.